The van der Waals surface area contributed by atoms with Crippen LogP contribution in [0.3, 0.4) is 0 Å². The summed E-state index contributed by atoms with van der Waals surface area (Å²) in [6.45, 7) is 5.08. The van der Waals surface area contributed by atoms with Gasteiger partial charge >= 0.3 is 0 Å². The molecular weight excluding hydrogens is 430 g/mol. The molecule has 1 saturated carbocycles. The van der Waals surface area contributed by atoms with Crippen LogP contribution in [0.2, 0.25) is 0 Å². The lowest BCUT2D eigenvalue weighted by Gasteiger charge is -2.45. The van der Waals surface area contributed by atoms with E-state index in [9.17, 15) is 9.59 Å². The van der Waals surface area contributed by atoms with E-state index in [0.29, 0.717) is 18.8 Å². The third kappa shape index (κ3) is 4.10. The average Bonchev–Trinajstić information content (AvgIpc) is 3.31. The van der Waals surface area contributed by atoms with Gasteiger partial charge in [0.25, 0.3) is 5.91 Å². The summed E-state index contributed by atoms with van der Waals surface area (Å²) < 4.78 is 3.16. The van der Waals surface area contributed by atoms with Crippen LogP contribution in [0.25, 0.3) is 10.2 Å². The molecule has 0 radical (unpaired) electrons. The molecule has 2 aromatic heterocycles. The molecule has 1 N–H and O–H groups in total. The number of benzene rings is 1. The summed E-state index contributed by atoms with van der Waals surface area (Å²) >= 11 is 1.64. The number of carbonyl (C=O) groups excluding carboxylic acids is 2. The molecule has 0 bridgehead atoms. The lowest BCUT2D eigenvalue weighted by Crippen LogP contribution is -2.65. The minimum absolute atomic E-state index is 0.0225. The molecule has 2 atom stereocenters. The van der Waals surface area contributed by atoms with Crippen LogP contribution < -0.4 is 5.32 Å². The maximum absolute atomic E-state index is 13.9. The average molecular weight is 464 g/mol. The zero-order chi connectivity index (χ0) is 23.0. The van der Waals surface area contributed by atoms with Gasteiger partial charge < -0.3 is 14.8 Å². The lowest BCUT2D eigenvalue weighted by molar-refractivity contribution is -0.133. The summed E-state index contributed by atoms with van der Waals surface area (Å²) in [4.78, 5) is 29.6. The van der Waals surface area contributed by atoms with Gasteiger partial charge in [-0.3, -0.25) is 9.59 Å². The Hall–Kier alpha value is -2.60. The minimum Gasteiger partial charge on any atom is -0.351 e. The van der Waals surface area contributed by atoms with Gasteiger partial charge in [-0.05, 0) is 48.8 Å². The van der Waals surface area contributed by atoms with Gasteiger partial charge in [0, 0.05) is 12.6 Å². The third-order valence-electron chi connectivity index (χ3n) is 7.55. The second kappa shape index (κ2) is 8.98. The molecule has 1 aliphatic carbocycles. The van der Waals surface area contributed by atoms with Crippen LogP contribution in [-0.4, -0.2) is 39.4 Å². The van der Waals surface area contributed by atoms with Crippen LogP contribution >= 0.6 is 11.3 Å². The molecule has 0 spiro atoms. The number of aromatic nitrogens is 1. The standard InChI is InChI=1S/C27H33N3O2S/c1-19(20-10-6-5-7-11-20)17-30-25(31)23-16-24-22(14-15-33-24)29(23)18-27(30,2)26(32)28-21-12-8-3-4-9-13-21/h5-7,10-11,14-16,19,21H,3-4,8-9,12-13,17-18H2,1-2H3,(H,28,32)/t19-,27+/m0/s1. The maximum Gasteiger partial charge on any atom is 0.271 e. The molecule has 1 aromatic carbocycles. The molecule has 0 saturated heterocycles. The van der Waals surface area contributed by atoms with Gasteiger partial charge in [0.05, 0.1) is 16.8 Å². The van der Waals surface area contributed by atoms with Crippen LogP contribution in [0.5, 0.6) is 0 Å². The Labute approximate surface area is 199 Å². The van der Waals surface area contributed by atoms with Crippen molar-refractivity contribution in [2.75, 3.05) is 6.54 Å². The Balaban J connectivity index is 1.49. The predicted molar refractivity (Wildman–Crippen MR) is 134 cm³/mol. The Morgan fingerprint density at radius 2 is 1.88 bits per heavy atom. The van der Waals surface area contributed by atoms with Gasteiger partial charge in [-0.2, -0.15) is 0 Å². The predicted octanol–water partition coefficient (Wildman–Crippen LogP) is 5.56. The fraction of sp³-hybridized carbons (Fsp3) is 0.481. The topological polar surface area (TPSA) is 54.3 Å². The summed E-state index contributed by atoms with van der Waals surface area (Å²) in [5.41, 5.74) is 1.98. The third-order valence-corrected chi connectivity index (χ3v) is 8.41. The highest BCUT2D eigenvalue weighted by Crippen LogP contribution is 2.36. The van der Waals surface area contributed by atoms with E-state index in [-0.39, 0.29) is 23.8 Å². The number of hydrogen-bond acceptors (Lipinski definition) is 3. The van der Waals surface area contributed by atoms with E-state index in [1.54, 1.807) is 11.3 Å². The summed E-state index contributed by atoms with van der Waals surface area (Å²) in [5.74, 6) is 0.0551. The molecule has 1 aliphatic heterocycles. The fourth-order valence-corrected chi connectivity index (χ4v) is 6.31. The zero-order valence-corrected chi connectivity index (χ0v) is 20.4. The van der Waals surface area contributed by atoms with Crippen LogP contribution in [-0.2, 0) is 11.3 Å². The van der Waals surface area contributed by atoms with Crippen molar-refractivity contribution < 1.29 is 9.59 Å². The molecule has 5 nitrogen and oxygen atoms in total. The summed E-state index contributed by atoms with van der Waals surface area (Å²) in [5, 5.41) is 5.40. The SMILES string of the molecule is C[C@@H](CN1C(=O)c2cc3sccc3n2C[C@]1(C)C(=O)NC1CCCCCC1)c1ccccc1. The Morgan fingerprint density at radius 1 is 1.15 bits per heavy atom. The van der Waals surface area contributed by atoms with Gasteiger partial charge in [0.2, 0.25) is 5.91 Å². The molecule has 3 aromatic rings. The maximum atomic E-state index is 13.9. The van der Waals surface area contributed by atoms with Crippen LogP contribution in [0, 0.1) is 0 Å². The second-order valence-electron chi connectivity index (χ2n) is 9.95. The molecule has 6 heteroatoms. The van der Waals surface area contributed by atoms with E-state index in [2.05, 4.69) is 40.4 Å². The molecule has 3 heterocycles. The van der Waals surface area contributed by atoms with Crippen molar-refractivity contribution in [1.82, 2.24) is 14.8 Å². The first-order valence-corrected chi connectivity index (χ1v) is 13.1. The molecule has 2 amide bonds. The van der Waals surface area contributed by atoms with E-state index < -0.39 is 5.54 Å². The Bertz CT molecular complexity index is 1140. The number of nitrogens with one attached hydrogen (secondary N) is 1. The molecule has 1 fully saturated rings. The van der Waals surface area contributed by atoms with E-state index >= 15 is 0 Å². The highest BCUT2D eigenvalue weighted by molar-refractivity contribution is 7.17. The fourth-order valence-electron chi connectivity index (χ4n) is 5.48. The van der Waals surface area contributed by atoms with Crippen molar-refractivity contribution >= 4 is 33.4 Å². The van der Waals surface area contributed by atoms with Crippen molar-refractivity contribution in [3.63, 3.8) is 0 Å². The van der Waals surface area contributed by atoms with E-state index in [4.69, 9.17) is 0 Å². The molecule has 174 valence electrons. The van der Waals surface area contributed by atoms with Gasteiger partial charge in [0.1, 0.15) is 11.2 Å². The van der Waals surface area contributed by atoms with Gasteiger partial charge in [-0.25, -0.2) is 0 Å². The number of carbonyl (C=O) groups is 2. The normalized spacial score (nSPS) is 22.7. The van der Waals surface area contributed by atoms with Crippen LogP contribution in [0.4, 0.5) is 0 Å². The highest BCUT2D eigenvalue weighted by atomic mass is 32.1. The highest BCUT2D eigenvalue weighted by Gasteiger charge is 2.48. The number of hydrogen-bond donors (Lipinski definition) is 1. The number of amides is 2. The number of thiophene rings is 1. The van der Waals surface area contributed by atoms with Crippen molar-refractivity contribution in [1.29, 1.82) is 0 Å². The van der Waals surface area contributed by atoms with Crippen molar-refractivity contribution in [2.45, 2.75) is 76.4 Å². The number of fused-ring (bicyclic) bond motifs is 3. The first kappa shape index (κ1) is 22.2. The first-order valence-electron chi connectivity index (χ1n) is 12.2. The van der Waals surface area contributed by atoms with Gasteiger partial charge in [-0.1, -0.05) is 62.9 Å². The van der Waals surface area contributed by atoms with Gasteiger partial charge in [-0.15, -0.1) is 11.3 Å². The van der Waals surface area contributed by atoms with Crippen molar-refractivity contribution in [3.05, 3.63) is 59.1 Å². The zero-order valence-electron chi connectivity index (χ0n) is 19.5. The number of nitrogens with zero attached hydrogens (tertiary/aromatic N) is 2. The second-order valence-corrected chi connectivity index (χ2v) is 10.9. The van der Waals surface area contributed by atoms with Crippen molar-refractivity contribution in [2.24, 2.45) is 0 Å². The van der Waals surface area contributed by atoms with Gasteiger partial charge in [0.15, 0.2) is 0 Å². The van der Waals surface area contributed by atoms with Crippen molar-refractivity contribution in [3.8, 4) is 0 Å². The summed E-state index contributed by atoms with van der Waals surface area (Å²) in [6.07, 6.45) is 6.86. The number of rotatable bonds is 5. The van der Waals surface area contributed by atoms with Crippen LogP contribution in [0.15, 0.2) is 47.8 Å². The smallest absolute Gasteiger partial charge is 0.271 e. The summed E-state index contributed by atoms with van der Waals surface area (Å²) in [7, 11) is 0. The minimum atomic E-state index is -0.937. The summed E-state index contributed by atoms with van der Waals surface area (Å²) in [6, 6.07) is 14.5. The van der Waals surface area contributed by atoms with E-state index in [1.807, 2.05) is 36.1 Å². The van der Waals surface area contributed by atoms with E-state index in [1.165, 1.54) is 18.4 Å². The molecule has 2 aliphatic rings. The van der Waals surface area contributed by atoms with Crippen LogP contribution in [0.1, 0.15) is 74.3 Å². The monoisotopic (exact) mass is 463 g/mol. The molecule has 0 unspecified atom stereocenters. The molecule has 5 rings (SSSR count). The largest absolute Gasteiger partial charge is 0.351 e. The quantitative estimate of drug-likeness (QED) is 0.504. The molecule has 33 heavy (non-hydrogen) atoms. The lowest BCUT2D eigenvalue weighted by atomic mass is 9.91. The Kier molecular flexibility index (Phi) is 6.04. The molecular formula is C27H33N3O2S. The Morgan fingerprint density at radius 3 is 2.61 bits per heavy atom. The van der Waals surface area contributed by atoms with E-state index in [0.717, 1.165) is 35.9 Å². The first-order chi connectivity index (χ1) is 16.0.